The average molecular weight is 332 g/mol. The summed E-state index contributed by atoms with van der Waals surface area (Å²) >= 11 is 5.00. The van der Waals surface area contributed by atoms with Gasteiger partial charge in [-0.15, -0.1) is 11.8 Å². The highest BCUT2D eigenvalue weighted by molar-refractivity contribution is 9.10. The van der Waals surface area contributed by atoms with Crippen LogP contribution in [0.2, 0.25) is 0 Å². The SMILES string of the molecule is CCCNCc1ccc(SCC(=O)OC)c(Br)c1. The third-order valence-electron chi connectivity index (χ3n) is 2.33. The van der Waals surface area contributed by atoms with Crippen LogP contribution in [0, 0.1) is 0 Å². The van der Waals surface area contributed by atoms with Gasteiger partial charge in [0.25, 0.3) is 0 Å². The lowest BCUT2D eigenvalue weighted by Gasteiger charge is -2.07. The number of nitrogens with one attached hydrogen (secondary N) is 1. The van der Waals surface area contributed by atoms with Crippen molar-refractivity contribution >= 4 is 33.7 Å². The molecule has 0 unspecified atom stereocenters. The van der Waals surface area contributed by atoms with E-state index in [-0.39, 0.29) is 5.97 Å². The fourth-order valence-corrected chi connectivity index (χ4v) is 2.90. The maximum atomic E-state index is 11.1. The minimum Gasteiger partial charge on any atom is -0.468 e. The molecule has 0 aliphatic carbocycles. The topological polar surface area (TPSA) is 38.3 Å². The van der Waals surface area contributed by atoms with Crippen LogP contribution in [0.3, 0.4) is 0 Å². The lowest BCUT2D eigenvalue weighted by molar-refractivity contribution is -0.137. The molecule has 0 amide bonds. The van der Waals surface area contributed by atoms with Gasteiger partial charge in [0, 0.05) is 15.9 Å². The van der Waals surface area contributed by atoms with E-state index < -0.39 is 0 Å². The first kappa shape index (κ1) is 15.5. The zero-order valence-electron chi connectivity index (χ0n) is 10.7. The molecule has 1 rings (SSSR count). The normalized spacial score (nSPS) is 10.4. The van der Waals surface area contributed by atoms with E-state index in [2.05, 4.69) is 45.0 Å². The monoisotopic (exact) mass is 331 g/mol. The van der Waals surface area contributed by atoms with Crippen molar-refractivity contribution in [3.8, 4) is 0 Å². The standard InChI is InChI=1S/C13H18BrNO2S/c1-3-6-15-8-10-4-5-12(11(14)7-10)18-9-13(16)17-2/h4-5,7,15H,3,6,8-9H2,1-2H3. The number of rotatable bonds is 7. The van der Waals surface area contributed by atoms with Crippen LogP contribution in [-0.4, -0.2) is 25.4 Å². The number of hydrogen-bond acceptors (Lipinski definition) is 4. The lowest BCUT2D eigenvalue weighted by atomic mass is 10.2. The minimum absolute atomic E-state index is 0.208. The van der Waals surface area contributed by atoms with Crippen molar-refractivity contribution < 1.29 is 9.53 Å². The van der Waals surface area contributed by atoms with Gasteiger partial charge in [0.2, 0.25) is 0 Å². The number of halogens is 1. The molecule has 0 aromatic heterocycles. The molecule has 0 saturated heterocycles. The Bertz CT molecular complexity index is 399. The molecule has 1 aromatic rings. The molecule has 1 aromatic carbocycles. The smallest absolute Gasteiger partial charge is 0.315 e. The van der Waals surface area contributed by atoms with E-state index in [0.717, 1.165) is 28.9 Å². The Labute approximate surface area is 121 Å². The van der Waals surface area contributed by atoms with Gasteiger partial charge in [-0.25, -0.2) is 0 Å². The molecule has 100 valence electrons. The number of benzene rings is 1. The number of hydrogen-bond donors (Lipinski definition) is 1. The van der Waals surface area contributed by atoms with Crippen molar-refractivity contribution in [1.82, 2.24) is 5.32 Å². The van der Waals surface area contributed by atoms with Gasteiger partial charge in [-0.2, -0.15) is 0 Å². The summed E-state index contributed by atoms with van der Waals surface area (Å²) in [5.41, 5.74) is 1.23. The highest BCUT2D eigenvalue weighted by Gasteiger charge is 2.06. The first-order valence-corrected chi connectivity index (χ1v) is 7.64. The maximum Gasteiger partial charge on any atom is 0.315 e. The summed E-state index contributed by atoms with van der Waals surface area (Å²) in [5, 5.41) is 3.36. The number of ether oxygens (including phenoxy) is 1. The summed E-state index contributed by atoms with van der Waals surface area (Å²) in [6.45, 7) is 4.04. The Morgan fingerprint density at radius 3 is 2.89 bits per heavy atom. The van der Waals surface area contributed by atoms with E-state index in [1.54, 1.807) is 0 Å². The third-order valence-corrected chi connectivity index (χ3v) is 4.29. The molecule has 0 radical (unpaired) electrons. The Morgan fingerprint density at radius 1 is 1.50 bits per heavy atom. The van der Waals surface area contributed by atoms with E-state index in [0.29, 0.717) is 5.75 Å². The number of carbonyl (C=O) groups is 1. The molecule has 0 aliphatic heterocycles. The van der Waals surface area contributed by atoms with E-state index in [1.165, 1.54) is 24.4 Å². The fraction of sp³-hybridized carbons (Fsp3) is 0.462. The summed E-state index contributed by atoms with van der Waals surface area (Å²) < 4.78 is 5.64. The van der Waals surface area contributed by atoms with Gasteiger partial charge >= 0.3 is 5.97 Å². The van der Waals surface area contributed by atoms with Crippen LogP contribution in [0.15, 0.2) is 27.6 Å². The third kappa shape index (κ3) is 5.42. The summed E-state index contributed by atoms with van der Waals surface area (Å²) in [7, 11) is 1.40. The molecule has 18 heavy (non-hydrogen) atoms. The second-order valence-electron chi connectivity index (χ2n) is 3.81. The molecule has 1 N–H and O–H groups in total. The molecule has 0 aliphatic rings. The first-order chi connectivity index (χ1) is 8.67. The van der Waals surface area contributed by atoms with Gasteiger partial charge in [0.05, 0.1) is 12.9 Å². The molecule has 0 bridgehead atoms. The maximum absolute atomic E-state index is 11.1. The second-order valence-corrected chi connectivity index (χ2v) is 5.68. The lowest BCUT2D eigenvalue weighted by Crippen LogP contribution is -2.13. The number of esters is 1. The van der Waals surface area contributed by atoms with Crippen LogP contribution in [0.25, 0.3) is 0 Å². The van der Waals surface area contributed by atoms with Crippen molar-refractivity contribution in [2.75, 3.05) is 19.4 Å². The summed E-state index contributed by atoms with van der Waals surface area (Å²) in [6.07, 6.45) is 1.13. The number of thioether (sulfide) groups is 1. The van der Waals surface area contributed by atoms with Crippen LogP contribution >= 0.6 is 27.7 Å². The first-order valence-electron chi connectivity index (χ1n) is 5.86. The Morgan fingerprint density at radius 2 is 2.28 bits per heavy atom. The highest BCUT2D eigenvalue weighted by atomic mass is 79.9. The number of carbonyl (C=O) groups excluding carboxylic acids is 1. The van der Waals surface area contributed by atoms with Gasteiger partial charge in [-0.3, -0.25) is 4.79 Å². The average Bonchev–Trinajstić information content (AvgIpc) is 2.37. The molecule has 5 heteroatoms. The van der Waals surface area contributed by atoms with Gasteiger partial charge in [0.15, 0.2) is 0 Å². The molecule has 0 atom stereocenters. The van der Waals surface area contributed by atoms with Crippen molar-refractivity contribution in [3.63, 3.8) is 0 Å². The molecule has 0 heterocycles. The summed E-state index contributed by atoms with van der Waals surface area (Å²) in [4.78, 5) is 12.1. The zero-order chi connectivity index (χ0) is 13.4. The largest absolute Gasteiger partial charge is 0.468 e. The minimum atomic E-state index is -0.208. The zero-order valence-corrected chi connectivity index (χ0v) is 13.1. The molecule has 3 nitrogen and oxygen atoms in total. The predicted octanol–water partition coefficient (Wildman–Crippen LogP) is 3.21. The van der Waals surface area contributed by atoms with E-state index >= 15 is 0 Å². The molecule has 0 saturated carbocycles. The quantitative estimate of drug-likeness (QED) is 0.473. The van der Waals surface area contributed by atoms with Gasteiger partial charge < -0.3 is 10.1 Å². The van der Waals surface area contributed by atoms with Crippen LogP contribution in [0.4, 0.5) is 0 Å². The van der Waals surface area contributed by atoms with Gasteiger partial charge in [-0.1, -0.05) is 13.0 Å². The van der Waals surface area contributed by atoms with Crippen LogP contribution < -0.4 is 5.32 Å². The van der Waals surface area contributed by atoms with Crippen molar-refractivity contribution in [1.29, 1.82) is 0 Å². The van der Waals surface area contributed by atoms with Crippen LogP contribution in [0.5, 0.6) is 0 Å². The van der Waals surface area contributed by atoms with E-state index in [4.69, 9.17) is 0 Å². The molecular formula is C13H18BrNO2S. The van der Waals surface area contributed by atoms with Crippen LogP contribution in [-0.2, 0) is 16.1 Å². The van der Waals surface area contributed by atoms with Crippen molar-refractivity contribution in [3.05, 3.63) is 28.2 Å². The number of methoxy groups -OCH3 is 1. The highest BCUT2D eigenvalue weighted by Crippen LogP contribution is 2.28. The van der Waals surface area contributed by atoms with Crippen LogP contribution in [0.1, 0.15) is 18.9 Å². The molecule has 0 fully saturated rings. The van der Waals surface area contributed by atoms with Gasteiger partial charge in [-0.05, 0) is 46.6 Å². The van der Waals surface area contributed by atoms with E-state index in [9.17, 15) is 4.79 Å². The van der Waals surface area contributed by atoms with E-state index in [1.807, 2.05) is 6.07 Å². The van der Waals surface area contributed by atoms with Gasteiger partial charge in [0.1, 0.15) is 0 Å². The predicted molar refractivity (Wildman–Crippen MR) is 78.9 cm³/mol. The summed E-state index contributed by atoms with van der Waals surface area (Å²) in [6, 6.07) is 6.19. The fourth-order valence-electron chi connectivity index (χ4n) is 1.38. The molecule has 0 spiro atoms. The molecular weight excluding hydrogens is 314 g/mol. The van der Waals surface area contributed by atoms with Crippen molar-refractivity contribution in [2.45, 2.75) is 24.8 Å². The Hall–Kier alpha value is -0.520. The second kappa shape index (κ2) is 8.56. The Kier molecular flexibility index (Phi) is 7.39. The van der Waals surface area contributed by atoms with Crippen molar-refractivity contribution in [2.24, 2.45) is 0 Å². The summed E-state index contributed by atoms with van der Waals surface area (Å²) in [5.74, 6) is 0.128. The Balaban J connectivity index is 2.53.